The fourth-order valence-electron chi connectivity index (χ4n) is 1.69. The molecule has 0 N–H and O–H groups in total. The zero-order valence-electron chi connectivity index (χ0n) is 9.58. The van der Waals surface area contributed by atoms with Crippen molar-refractivity contribution in [1.82, 2.24) is 4.57 Å². The van der Waals surface area contributed by atoms with Gasteiger partial charge in [0.15, 0.2) is 0 Å². The molecule has 2 nitrogen and oxygen atoms in total. The molecule has 0 radical (unpaired) electrons. The van der Waals surface area contributed by atoms with Crippen LogP contribution in [0, 0.1) is 6.92 Å². The minimum absolute atomic E-state index is 0.0239. The summed E-state index contributed by atoms with van der Waals surface area (Å²) in [6, 6.07) is 7.06. The maximum absolute atomic E-state index is 12.0. The van der Waals surface area contributed by atoms with Crippen molar-refractivity contribution in [2.75, 3.05) is 0 Å². The van der Waals surface area contributed by atoms with Crippen molar-refractivity contribution >= 4 is 39.1 Å². The first-order valence-corrected chi connectivity index (χ1v) is 6.83. The maximum atomic E-state index is 12.0. The molecule has 0 aliphatic rings. The van der Waals surface area contributed by atoms with Gasteiger partial charge < -0.3 is 4.57 Å². The average molecular weight is 347 g/mol. The van der Waals surface area contributed by atoms with E-state index < -0.39 is 0 Å². The second-order valence-electron chi connectivity index (χ2n) is 4.01. The van der Waals surface area contributed by atoms with Gasteiger partial charge in [-0.3, -0.25) is 4.79 Å². The van der Waals surface area contributed by atoms with E-state index in [1.807, 2.05) is 6.07 Å². The van der Waals surface area contributed by atoms with Gasteiger partial charge in [0, 0.05) is 26.3 Å². The molecule has 18 heavy (non-hydrogen) atoms. The van der Waals surface area contributed by atoms with Crippen LogP contribution >= 0.6 is 39.1 Å². The van der Waals surface area contributed by atoms with Crippen molar-refractivity contribution in [3.05, 3.63) is 66.5 Å². The smallest absolute Gasteiger partial charge is 0.253 e. The van der Waals surface area contributed by atoms with E-state index in [9.17, 15) is 4.79 Å². The molecule has 0 saturated heterocycles. The molecule has 0 atom stereocenters. The Hall–Kier alpha value is -0.770. The third kappa shape index (κ3) is 2.97. The van der Waals surface area contributed by atoms with Gasteiger partial charge in [0.2, 0.25) is 0 Å². The Morgan fingerprint density at radius 2 is 2.00 bits per heavy atom. The minimum atomic E-state index is -0.0239. The Kier molecular flexibility index (Phi) is 4.15. The van der Waals surface area contributed by atoms with Gasteiger partial charge in [-0.25, -0.2) is 0 Å². The van der Waals surface area contributed by atoms with E-state index in [1.54, 1.807) is 35.9 Å². The Bertz CT molecular complexity index is 652. The second kappa shape index (κ2) is 5.47. The first-order chi connectivity index (χ1) is 8.47. The number of aryl methyl sites for hydroxylation is 1. The van der Waals surface area contributed by atoms with Gasteiger partial charge in [0.1, 0.15) is 0 Å². The number of nitrogens with zero attached hydrogens (tertiary/aromatic N) is 1. The molecule has 0 fully saturated rings. The number of aromatic nitrogens is 1. The van der Waals surface area contributed by atoms with Crippen molar-refractivity contribution < 1.29 is 0 Å². The highest BCUT2D eigenvalue weighted by Gasteiger charge is 2.06. The van der Waals surface area contributed by atoms with E-state index >= 15 is 0 Å². The van der Waals surface area contributed by atoms with Crippen molar-refractivity contribution in [2.24, 2.45) is 0 Å². The molecule has 0 spiro atoms. The first-order valence-electron chi connectivity index (χ1n) is 5.28. The minimum Gasteiger partial charge on any atom is -0.310 e. The van der Waals surface area contributed by atoms with Gasteiger partial charge in [-0.1, -0.05) is 29.3 Å². The van der Waals surface area contributed by atoms with E-state index in [0.717, 1.165) is 10.0 Å². The number of hydrogen-bond acceptors (Lipinski definition) is 1. The van der Waals surface area contributed by atoms with Crippen LogP contribution in [-0.4, -0.2) is 4.57 Å². The molecular formula is C13H10BrCl2NO. The predicted molar refractivity (Wildman–Crippen MR) is 78.7 cm³/mol. The number of hydrogen-bond donors (Lipinski definition) is 0. The van der Waals surface area contributed by atoms with Crippen molar-refractivity contribution in [3.63, 3.8) is 0 Å². The lowest BCUT2D eigenvalue weighted by Gasteiger charge is -2.09. The maximum Gasteiger partial charge on any atom is 0.253 e. The summed E-state index contributed by atoms with van der Waals surface area (Å²) in [7, 11) is 0. The zero-order chi connectivity index (χ0) is 13.3. The molecule has 2 aromatic rings. The molecule has 5 heteroatoms. The monoisotopic (exact) mass is 345 g/mol. The summed E-state index contributed by atoms with van der Waals surface area (Å²) in [5.41, 5.74) is 1.53. The summed E-state index contributed by atoms with van der Waals surface area (Å²) in [5.74, 6) is 0. The molecule has 0 amide bonds. The standard InChI is InChI=1S/C13H10BrCl2NO/c1-8-4-10(14)7-17(13(8)18)6-9-2-3-11(15)5-12(9)16/h2-5,7H,6H2,1H3. The van der Waals surface area contributed by atoms with Gasteiger partial charge in [-0.05, 0) is 46.6 Å². The summed E-state index contributed by atoms with van der Waals surface area (Å²) in [4.78, 5) is 12.0. The lowest BCUT2D eigenvalue weighted by Crippen LogP contribution is -2.22. The molecule has 1 aromatic carbocycles. The van der Waals surface area contributed by atoms with Crippen LogP contribution in [0.3, 0.4) is 0 Å². The topological polar surface area (TPSA) is 22.0 Å². The summed E-state index contributed by atoms with van der Waals surface area (Å²) in [6.45, 7) is 2.21. The van der Waals surface area contributed by atoms with Crippen molar-refractivity contribution in [2.45, 2.75) is 13.5 Å². The first kappa shape index (κ1) is 13.7. The highest BCUT2D eigenvalue weighted by atomic mass is 79.9. The molecular weight excluding hydrogens is 337 g/mol. The summed E-state index contributed by atoms with van der Waals surface area (Å²) < 4.78 is 2.49. The molecule has 0 aliphatic carbocycles. The van der Waals surface area contributed by atoms with Crippen LogP contribution in [0.5, 0.6) is 0 Å². The molecule has 0 unspecified atom stereocenters. The van der Waals surface area contributed by atoms with Crippen LogP contribution in [-0.2, 0) is 6.54 Å². The largest absolute Gasteiger partial charge is 0.310 e. The van der Waals surface area contributed by atoms with E-state index in [0.29, 0.717) is 22.2 Å². The molecule has 0 bridgehead atoms. The van der Waals surface area contributed by atoms with Crippen LogP contribution in [0.1, 0.15) is 11.1 Å². The quantitative estimate of drug-likeness (QED) is 0.795. The van der Waals surface area contributed by atoms with Crippen LogP contribution < -0.4 is 5.56 Å². The highest BCUT2D eigenvalue weighted by molar-refractivity contribution is 9.10. The Labute approximate surface area is 123 Å². The normalized spacial score (nSPS) is 10.7. The number of halogens is 3. The number of benzene rings is 1. The summed E-state index contributed by atoms with van der Waals surface area (Å²) in [6.07, 6.45) is 1.75. The van der Waals surface area contributed by atoms with E-state index in [-0.39, 0.29) is 5.56 Å². The van der Waals surface area contributed by atoms with E-state index in [1.165, 1.54) is 0 Å². The predicted octanol–water partition coefficient (Wildman–Crippen LogP) is 4.27. The Morgan fingerprint density at radius 3 is 2.67 bits per heavy atom. The molecule has 1 aromatic heterocycles. The lowest BCUT2D eigenvalue weighted by molar-refractivity contribution is 0.749. The van der Waals surface area contributed by atoms with Crippen LogP contribution in [0.4, 0.5) is 0 Å². The second-order valence-corrected chi connectivity index (χ2v) is 5.77. The van der Waals surface area contributed by atoms with E-state index in [4.69, 9.17) is 23.2 Å². The highest BCUT2D eigenvalue weighted by Crippen LogP contribution is 2.21. The van der Waals surface area contributed by atoms with Gasteiger partial charge in [0.05, 0.1) is 6.54 Å². The average Bonchev–Trinajstić information content (AvgIpc) is 2.29. The van der Waals surface area contributed by atoms with Gasteiger partial charge in [-0.2, -0.15) is 0 Å². The lowest BCUT2D eigenvalue weighted by atomic mass is 10.2. The van der Waals surface area contributed by atoms with Crippen LogP contribution in [0.2, 0.25) is 10.0 Å². The Morgan fingerprint density at radius 1 is 1.28 bits per heavy atom. The van der Waals surface area contributed by atoms with Crippen molar-refractivity contribution in [1.29, 1.82) is 0 Å². The molecule has 1 heterocycles. The number of pyridine rings is 1. The Balaban J connectivity index is 2.43. The van der Waals surface area contributed by atoms with E-state index in [2.05, 4.69) is 15.9 Å². The third-order valence-corrected chi connectivity index (χ3v) is 3.61. The molecule has 94 valence electrons. The summed E-state index contributed by atoms with van der Waals surface area (Å²) >= 11 is 15.3. The molecule has 2 rings (SSSR count). The van der Waals surface area contributed by atoms with Crippen molar-refractivity contribution in [3.8, 4) is 0 Å². The number of rotatable bonds is 2. The molecule has 0 aliphatic heterocycles. The third-order valence-electron chi connectivity index (χ3n) is 2.59. The SMILES string of the molecule is Cc1cc(Br)cn(Cc2ccc(Cl)cc2Cl)c1=O. The van der Waals surface area contributed by atoms with Gasteiger partial charge in [0.25, 0.3) is 5.56 Å². The summed E-state index contributed by atoms with van der Waals surface area (Å²) in [5, 5.41) is 1.15. The van der Waals surface area contributed by atoms with Gasteiger partial charge in [-0.15, -0.1) is 0 Å². The fourth-order valence-corrected chi connectivity index (χ4v) is 2.75. The fraction of sp³-hybridized carbons (Fsp3) is 0.154. The molecule has 0 saturated carbocycles. The van der Waals surface area contributed by atoms with Crippen LogP contribution in [0.15, 0.2) is 39.7 Å². The van der Waals surface area contributed by atoms with Gasteiger partial charge >= 0.3 is 0 Å². The zero-order valence-corrected chi connectivity index (χ0v) is 12.7. The van der Waals surface area contributed by atoms with Crippen LogP contribution in [0.25, 0.3) is 0 Å².